The van der Waals surface area contributed by atoms with Gasteiger partial charge in [0.2, 0.25) is 5.82 Å². The number of nitrogens with one attached hydrogen (secondary N) is 1. The van der Waals surface area contributed by atoms with Gasteiger partial charge in [0.25, 0.3) is 0 Å². The molecule has 18 heavy (non-hydrogen) atoms. The van der Waals surface area contributed by atoms with E-state index in [1.807, 2.05) is 38.1 Å². The smallest absolute Gasteiger partial charge is 0.204 e. The standard InChI is InChI=1S/C13H16N4O/c1-9(2)12(18)8-5-10-3-6-11(7-4-10)13-14-16-17-15-13/h3-4,6-7,9H,5,8H2,1-2H3,(H,14,15,16,17). The van der Waals surface area contributed by atoms with E-state index in [4.69, 9.17) is 0 Å². The van der Waals surface area contributed by atoms with Crippen molar-refractivity contribution in [1.29, 1.82) is 0 Å². The summed E-state index contributed by atoms with van der Waals surface area (Å²) in [5.41, 5.74) is 2.07. The van der Waals surface area contributed by atoms with Gasteiger partial charge in [0.15, 0.2) is 0 Å². The third kappa shape index (κ3) is 3.00. The van der Waals surface area contributed by atoms with Gasteiger partial charge in [-0.1, -0.05) is 38.1 Å². The molecule has 0 amide bonds. The van der Waals surface area contributed by atoms with E-state index in [0.717, 1.165) is 17.5 Å². The summed E-state index contributed by atoms with van der Waals surface area (Å²) in [6.45, 7) is 3.86. The van der Waals surface area contributed by atoms with E-state index in [9.17, 15) is 4.79 Å². The molecule has 0 saturated carbocycles. The van der Waals surface area contributed by atoms with Gasteiger partial charge >= 0.3 is 0 Å². The molecule has 0 aliphatic rings. The van der Waals surface area contributed by atoms with Crippen molar-refractivity contribution in [2.45, 2.75) is 26.7 Å². The van der Waals surface area contributed by atoms with Crippen molar-refractivity contribution in [3.63, 3.8) is 0 Å². The second-order valence-electron chi connectivity index (χ2n) is 4.55. The number of tetrazole rings is 1. The summed E-state index contributed by atoms with van der Waals surface area (Å²) in [7, 11) is 0. The molecule has 1 aromatic heterocycles. The Morgan fingerprint density at radius 2 is 2.00 bits per heavy atom. The van der Waals surface area contributed by atoms with Gasteiger partial charge in [-0.05, 0) is 17.2 Å². The highest BCUT2D eigenvalue weighted by Gasteiger charge is 2.07. The predicted molar refractivity (Wildman–Crippen MR) is 67.8 cm³/mol. The number of hydrogen-bond donors (Lipinski definition) is 1. The first-order chi connectivity index (χ1) is 8.66. The molecule has 0 radical (unpaired) electrons. The minimum Gasteiger partial charge on any atom is -0.299 e. The summed E-state index contributed by atoms with van der Waals surface area (Å²) in [5.74, 6) is 1.00. The quantitative estimate of drug-likeness (QED) is 0.873. The SMILES string of the molecule is CC(C)C(=O)CCc1ccc(-c2nn[nH]n2)cc1. The molecule has 1 N–H and O–H groups in total. The number of aromatic nitrogens is 4. The van der Waals surface area contributed by atoms with Crippen molar-refractivity contribution >= 4 is 5.78 Å². The summed E-state index contributed by atoms with van der Waals surface area (Å²) in [4.78, 5) is 11.5. The van der Waals surface area contributed by atoms with Crippen LogP contribution in [0, 0.1) is 5.92 Å². The number of ketones is 1. The van der Waals surface area contributed by atoms with Crippen LogP contribution in [0.25, 0.3) is 11.4 Å². The Balaban J connectivity index is 1.98. The van der Waals surface area contributed by atoms with Crippen LogP contribution in [0.2, 0.25) is 0 Å². The maximum Gasteiger partial charge on any atom is 0.204 e. The average Bonchev–Trinajstić information content (AvgIpc) is 2.90. The number of nitrogens with zero attached hydrogens (tertiary/aromatic N) is 3. The van der Waals surface area contributed by atoms with Gasteiger partial charge < -0.3 is 0 Å². The molecule has 2 aromatic rings. The fraction of sp³-hybridized carbons (Fsp3) is 0.385. The zero-order valence-corrected chi connectivity index (χ0v) is 10.6. The molecule has 0 atom stereocenters. The second-order valence-corrected chi connectivity index (χ2v) is 4.55. The van der Waals surface area contributed by atoms with Crippen LogP contribution in [0.5, 0.6) is 0 Å². The number of aromatic amines is 1. The molecule has 1 heterocycles. The average molecular weight is 244 g/mol. The minimum absolute atomic E-state index is 0.114. The molecule has 0 bridgehead atoms. The number of carbonyl (C=O) groups is 1. The molecule has 0 fully saturated rings. The topological polar surface area (TPSA) is 71.5 Å². The molecule has 0 aliphatic carbocycles. The largest absolute Gasteiger partial charge is 0.299 e. The number of rotatable bonds is 5. The van der Waals surface area contributed by atoms with Gasteiger partial charge in [-0.2, -0.15) is 5.21 Å². The molecule has 94 valence electrons. The molecule has 1 aromatic carbocycles. The lowest BCUT2D eigenvalue weighted by molar-refractivity contribution is -0.121. The zero-order chi connectivity index (χ0) is 13.0. The number of carbonyl (C=O) groups excluding carboxylic acids is 1. The van der Waals surface area contributed by atoms with Crippen molar-refractivity contribution in [3.8, 4) is 11.4 Å². The molecule has 0 unspecified atom stereocenters. The van der Waals surface area contributed by atoms with Crippen LogP contribution in [0.4, 0.5) is 0 Å². The fourth-order valence-corrected chi connectivity index (χ4v) is 1.66. The van der Waals surface area contributed by atoms with E-state index in [0.29, 0.717) is 18.0 Å². The van der Waals surface area contributed by atoms with Crippen molar-refractivity contribution in [2.75, 3.05) is 0 Å². The minimum atomic E-state index is 0.114. The Bertz CT molecular complexity index is 502. The van der Waals surface area contributed by atoms with Crippen LogP contribution in [0.15, 0.2) is 24.3 Å². The normalized spacial score (nSPS) is 10.8. The van der Waals surface area contributed by atoms with Crippen molar-refractivity contribution in [3.05, 3.63) is 29.8 Å². The Morgan fingerprint density at radius 1 is 1.28 bits per heavy atom. The van der Waals surface area contributed by atoms with Gasteiger partial charge in [0.1, 0.15) is 5.78 Å². The van der Waals surface area contributed by atoms with Crippen LogP contribution in [0.3, 0.4) is 0 Å². The van der Waals surface area contributed by atoms with Crippen LogP contribution in [0.1, 0.15) is 25.8 Å². The molecular weight excluding hydrogens is 228 g/mol. The lowest BCUT2D eigenvalue weighted by Crippen LogP contribution is -2.07. The molecule has 0 saturated heterocycles. The Hall–Kier alpha value is -2.04. The monoisotopic (exact) mass is 244 g/mol. The predicted octanol–water partition coefficient (Wildman–Crippen LogP) is 2.02. The van der Waals surface area contributed by atoms with Crippen LogP contribution in [-0.4, -0.2) is 26.4 Å². The summed E-state index contributed by atoms with van der Waals surface area (Å²) in [6.07, 6.45) is 1.38. The van der Waals surface area contributed by atoms with Crippen molar-refractivity contribution in [1.82, 2.24) is 20.6 Å². The van der Waals surface area contributed by atoms with Crippen LogP contribution in [-0.2, 0) is 11.2 Å². The van der Waals surface area contributed by atoms with Crippen LogP contribution >= 0.6 is 0 Å². The van der Waals surface area contributed by atoms with Gasteiger partial charge in [-0.15, -0.1) is 10.2 Å². The third-order valence-electron chi connectivity index (χ3n) is 2.86. The highest BCUT2D eigenvalue weighted by molar-refractivity contribution is 5.80. The Labute approximate surface area is 106 Å². The van der Waals surface area contributed by atoms with E-state index in [-0.39, 0.29) is 5.92 Å². The van der Waals surface area contributed by atoms with E-state index in [2.05, 4.69) is 20.6 Å². The highest BCUT2D eigenvalue weighted by atomic mass is 16.1. The fourth-order valence-electron chi connectivity index (χ4n) is 1.66. The van der Waals surface area contributed by atoms with Gasteiger partial charge in [-0.25, -0.2) is 0 Å². The van der Waals surface area contributed by atoms with E-state index in [1.54, 1.807) is 0 Å². The second kappa shape index (κ2) is 5.53. The third-order valence-corrected chi connectivity index (χ3v) is 2.86. The maximum atomic E-state index is 11.5. The number of aryl methyl sites for hydroxylation is 1. The zero-order valence-electron chi connectivity index (χ0n) is 10.6. The van der Waals surface area contributed by atoms with Crippen molar-refractivity contribution in [2.24, 2.45) is 5.92 Å². The first kappa shape index (κ1) is 12.4. The lowest BCUT2D eigenvalue weighted by atomic mass is 10.0. The molecule has 0 aliphatic heterocycles. The Kier molecular flexibility index (Phi) is 3.82. The lowest BCUT2D eigenvalue weighted by Gasteiger charge is -2.04. The maximum absolute atomic E-state index is 11.5. The van der Waals surface area contributed by atoms with Gasteiger partial charge in [0, 0.05) is 17.9 Å². The summed E-state index contributed by atoms with van der Waals surface area (Å²) in [5, 5.41) is 13.8. The highest BCUT2D eigenvalue weighted by Crippen LogP contribution is 2.15. The summed E-state index contributed by atoms with van der Waals surface area (Å²) >= 11 is 0. The van der Waals surface area contributed by atoms with Crippen molar-refractivity contribution < 1.29 is 4.79 Å². The first-order valence-corrected chi connectivity index (χ1v) is 6.02. The van der Waals surface area contributed by atoms with E-state index < -0.39 is 0 Å². The number of H-pyrrole nitrogens is 1. The molecular formula is C13H16N4O. The van der Waals surface area contributed by atoms with E-state index in [1.165, 1.54) is 0 Å². The number of benzene rings is 1. The van der Waals surface area contributed by atoms with E-state index >= 15 is 0 Å². The number of hydrogen-bond acceptors (Lipinski definition) is 4. The molecule has 0 spiro atoms. The van der Waals surface area contributed by atoms with Crippen LogP contribution < -0.4 is 0 Å². The summed E-state index contributed by atoms with van der Waals surface area (Å²) < 4.78 is 0. The van der Waals surface area contributed by atoms with Gasteiger partial charge in [-0.3, -0.25) is 4.79 Å². The molecule has 5 heteroatoms. The van der Waals surface area contributed by atoms with Gasteiger partial charge in [0.05, 0.1) is 0 Å². The number of Topliss-reactive ketones (excluding diaryl/α,β-unsaturated/α-hetero) is 1. The Morgan fingerprint density at radius 3 is 2.56 bits per heavy atom. The summed E-state index contributed by atoms with van der Waals surface area (Å²) in [6, 6.07) is 7.89. The molecule has 2 rings (SSSR count). The first-order valence-electron chi connectivity index (χ1n) is 6.02. The molecule has 5 nitrogen and oxygen atoms in total.